The quantitative estimate of drug-likeness (QED) is 0.280. The lowest BCUT2D eigenvalue weighted by Gasteiger charge is -2.11. The van der Waals surface area contributed by atoms with Crippen LogP contribution in [-0.2, 0) is 19.1 Å². The molecule has 0 saturated heterocycles. The average molecular weight is 506 g/mol. The van der Waals surface area contributed by atoms with Gasteiger partial charge in [-0.3, -0.25) is 4.99 Å². The van der Waals surface area contributed by atoms with E-state index in [4.69, 9.17) is 0 Å². The minimum Gasteiger partial charge on any atom is -0.356 e. The molecular weight excluding hydrogens is 490 g/mol. The first kappa shape index (κ1) is 22.5. The smallest absolute Gasteiger partial charge is 0.356 e. The first-order chi connectivity index (χ1) is 11.8. The van der Waals surface area contributed by atoms with Crippen LogP contribution in [0.3, 0.4) is 0 Å². The van der Waals surface area contributed by atoms with Crippen molar-refractivity contribution >= 4 is 41.3 Å². The third-order valence-electron chi connectivity index (χ3n) is 3.17. The number of hydrogen-bond acceptors (Lipinski definition) is 3. The predicted molar refractivity (Wildman–Crippen MR) is 101 cm³/mol. The largest absolute Gasteiger partial charge is 0.434 e. The van der Waals surface area contributed by atoms with E-state index in [-0.39, 0.29) is 35.5 Å². The average Bonchev–Trinajstić information content (AvgIpc) is 3.01. The molecule has 0 radical (unpaired) electrons. The zero-order valence-electron chi connectivity index (χ0n) is 13.5. The highest BCUT2D eigenvalue weighted by molar-refractivity contribution is 14.0. The SMILES string of the molecule is CN=C(NCCc1ccc(F)cc1F)NCc1nc(C(F)(F)F)cs1.I. The first-order valence-electron chi connectivity index (χ1n) is 7.19. The van der Waals surface area contributed by atoms with Gasteiger partial charge in [0, 0.05) is 25.0 Å². The summed E-state index contributed by atoms with van der Waals surface area (Å²) in [6.45, 7) is 0.388. The van der Waals surface area contributed by atoms with Crippen molar-refractivity contribution in [2.45, 2.75) is 19.1 Å². The van der Waals surface area contributed by atoms with Gasteiger partial charge in [-0.15, -0.1) is 35.3 Å². The molecule has 0 aliphatic carbocycles. The standard InChI is InChI=1S/C15H15F5N4S.HI/c1-21-14(22-5-4-9-2-3-10(16)6-11(9)17)23-7-13-24-12(8-25-13)15(18,19)20;/h2-3,6,8H,4-5,7H2,1H3,(H2,21,22,23);1H. The molecule has 1 aromatic heterocycles. The highest BCUT2D eigenvalue weighted by Crippen LogP contribution is 2.29. The Balaban J connectivity index is 0.00000338. The molecule has 0 saturated carbocycles. The molecule has 0 aliphatic rings. The highest BCUT2D eigenvalue weighted by atomic mass is 127. The van der Waals surface area contributed by atoms with Gasteiger partial charge in [-0.25, -0.2) is 13.8 Å². The first-order valence-corrected chi connectivity index (χ1v) is 8.07. The fourth-order valence-electron chi connectivity index (χ4n) is 1.94. The Morgan fingerprint density at radius 1 is 1.23 bits per heavy atom. The van der Waals surface area contributed by atoms with Crippen LogP contribution in [0.25, 0.3) is 0 Å². The monoisotopic (exact) mass is 506 g/mol. The number of nitrogens with zero attached hydrogens (tertiary/aromatic N) is 2. The number of rotatable bonds is 5. The van der Waals surface area contributed by atoms with Crippen molar-refractivity contribution in [1.29, 1.82) is 0 Å². The van der Waals surface area contributed by atoms with E-state index in [0.717, 1.165) is 22.8 Å². The summed E-state index contributed by atoms with van der Waals surface area (Å²) in [6.07, 6.45) is -4.17. The minimum absolute atomic E-state index is 0. The zero-order chi connectivity index (χ0) is 18.4. The van der Waals surface area contributed by atoms with Crippen LogP contribution >= 0.6 is 35.3 Å². The van der Waals surface area contributed by atoms with E-state index in [2.05, 4.69) is 20.6 Å². The van der Waals surface area contributed by atoms with E-state index in [1.807, 2.05) is 0 Å². The highest BCUT2D eigenvalue weighted by Gasteiger charge is 2.33. The molecule has 2 rings (SSSR count). The van der Waals surface area contributed by atoms with Gasteiger partial charge >= 0.3 is 6.18 Å². The minimum atomic E-state index is -4.46. The fraction of sp³-hybridized carbons (Fsp3) is 0.333. The third-order valence-corrected chi connectivity index (χ3v) is 4.02. The van der Waals surface area contributed by atoms with E-state index in [1.165, 1.54) is 19.2 Å². The maximum absolute atomic E-state index is 13.5. The second kappa shape index (κ2) is 10.00. The molecule has 11 heteroatoms. The number of thiazole rings is 1. The summed E-state index contributed by atoms with van der Waals surface area (Å²) in [5.74, 6) is -0.938. The Bertz CT molecular complexity index is 748. The van der Waals surface area contributed by atoms with Gasteiger partial charge in [0.15, 0.2) is 11.7 Å². The van der Waals surface area contributed by atoms with Gasteiger partial charge in [0.1, 0.15) is 16.6 Å². The van der Waals surface area contributed by atoms with Gasteiger partial charge in [0.2, 0.25) is 0 Å². The Kier molecular flexibility index (Phi) is 8.67. The van der Waals surface area contributed by atoms with Crippen molar-refractivity contribution in [3.8, 4) is 0 Å². The lowest BCUT2D eigenvalue weighted by Crippen LogP contribution is -2.37. The molecule has 2 N–H and O–H groups in total. The molecule has 4 nitrogen and oxygen atoms in total. The summed E-state index contributed by atoms with van der Waals surface area (Å²) in [7, 11) is 1.50. The van der Waals surface area contributed by atoms with Crippen LogP contribution in [-0.4, -0.2) is 24.5 Å². The van der Waals surface area contributed by atoms with E-state index in [9.17, 15) is 22.0 Å². The van der Waals surface area contributed by atoms with Crippen LogP contribution in [0.15, 0.2) is 28.6 Å². The van der Waals surface area contributed by atoms with Crippen molar-refractivity contribution in [2.75, 3.05) is 13.6 Å². The Hall–Kier alpha value is -1.50. The van der Waals surface area contributed by atoms with Crippen LogP contribution in [0.5, 0.6) is 0 Å². The number of aromatic nitrogens is 1. The van der Waals surface area contributed by atoms with Crippen molar-refractivity contribution in [3.63, 3.8) is 0 Å². The van der Waals surface area contributed by atoms with E-state index in [0.29, 0.717) is 24.5 Å². The number of guanidine groups is 1. The van der Waals surface area contributed by atoms with Gasteiger partial charge in [-0.1, -0.05) is 6.07 Å². The molecule has 0 aliphatic heterocycles. The van der Waals surface area contributed by atoms with Crippen molar-refractivity contribution in [2.24, 2.45) is 4.99 Å². The molecule has 26 heavy (non-hydrogen) atoms. The second-order valence-corrected chi connectivity index (χ2v) is 5.91. The summed E-state index contributed by atoms with van der Waals surface area (Å²) >= 11 is 0.891. The number of alkyl halides is 3. The molecule has 0 bridgehead atoms. The van der Waals surface area contributed by atoms with Crippen LogP contribution in [0, 0.1) is 11.6 Å². The number of benzene rings is 1. The number of nitrogens with one attached hydrogen (secondary N) is 2. The number of halogens is 6. The van der Waals surface area contributed by atoms with E-state index >= 15 is 0 Å². The van der Waals surface area contributed by atoms with Gasteiger partial charge in [-0.05, 0) is 18.1 Å². The van der Waals surface area contributed by atoms with Gasteiger partial charge in [0.25, 0.3) is 0 Å². The number of hydrogen-bond donors (Lipinski definition) is 2. The van der Waals surface area contributed by atoms with Gasteiger partial charge in [-0.2, -0.15) is 13.2 Å². The summed E-state index contributed by atoms with van der Waals surface area (Å²) in [5, 5.41) is 6.94. The molecule has 0 fully saturated rings. The van der Waals surface area contributed by atoms with E-state index < -0.39 is 23.5 Å². The molecule has 144 valence electrons. The van der Waals surface area contributed by atoms with Crippen LogP contribution in [0.1, 0.15) is 16.3 Å². The van der Waals surface area contributed by atoms with E-state index in [1.54, 1.807) is 0 Å². The second-order valence-electron chi connectivity index (χ2n) is 4.96. The topological polar surface area (TPSA) is 49.3 Å². The Morgan fingerprint density at radius 3 is 2.54 bits per heavy atom. The van der Waals surface area contributed by atoms with Gasteiger partial charge < -0.3 is 10.6 Å². The summed E-state index contributed by atoms with van der Waals surface area (Å²) in [5.41, 5.74) is -0.580. The van der Waals surface area contributed by atoms with Crippen molar-refractivity contribution < 1.29 is 22.0 Å². The zero-order valence-corrected chi connectivity index (χ0v) is 16.7. The third kappa shape index (κ3) is 6.67. The Morgan fingerprint density at radius 2 is 1.96 bits per heavy atom. The van der Waals surface area contributed by atoms with Crippen LogP contribution < -0.4 is 10.6 Å². The molecule has 2 aromatic rings. The van der Waals surface area contributed by atoms with Crippen LogP contribution in [0.2, 0.25) is 0 Å². The van der Waals surface area contributed by atoms with Crippen molar-refractivity contribution in [1.82, 2.24) is 15.6 Å². The maximum Gasteiger partial charge on any atom is 0.434 e. The van der Waals surface area contributed by atoms with Crippen LogP contribution in [0.4, 0.5) is 22.0 Å². The van der Waals surface area contributed by atoms with Gasteiger partial charge in [0.05, 0.1) is 6.54 Å². The molecule has 0 unspecified atom stereocenters. The van der Waals surface area contributed by atoms with Crippen molar-refractivity contribution in [3.05, 3.63) is 51.5 Å². The molecule has 0 spiro atoms. The normalized spacial score (nSPS) is 11.8. The molecule has 1 aromatic carbocycles. The maximum atomic E-state index is 13.5. The molecular formula is C15H16F5IN4S. The molecule has 0 amide bonds. The number of aliphatic imine (C=N–C) groups is 1. The fourth-order valence-corrected chi connectivity index (χ4v) is 2.68. The molecule has 1 heterocycles. The summed E-state index contributed by atoms with van der Waals surface area (Å²) in [4.78, 5) is 7.42. The summed E-state index contributed by atoms with van der Waals surface area (Å²) < 4.78 is 63.8. The predicted octanol–water partition coefficient (Wildman–Crippen LogP) is 3.97. The lowest BCUT2D eigenvalue weighted by atomic mass is 10.1. The lowest BCUT2D eigenvalue weighted by molar-refractivity contribution is -0.140. The summed E-state index contributed by atoms with van der Waals surface area (Å²) in [6, 6.07) is 3.34. The molecule has 0 atom stereocenters. The Labute approximate surface area is 168 Å².